The molecule has 1 aromatic carbocycles. The Morgan fingerprint density at radius 3 is 2.57 bits per heavy atom. The Morgan fingerprint density at radius 1 is 1.43 bits per heavy atom. The van der Waals surface area contributed by atoms with E-state index in [1.54, 1.807) is 13.0 Å². The lowest BCUT2D eigenvalue weighted by atomic mass is 10.1. The highest BCUT2D eigenvalue weighted by molar-refractivity contribution is 5.97. The normalized spacial score (nSPS) is 10.4. The summed E-state index contributed by atoms with van der Waals surface area (Å²) in [6.45, 7) is 0.182. The fraction of sp³-hybridized carbons (Fsp3) is 0.300. The van der Waals surface area contributed by atoms with Gasteiger partial charge in [-0.3, -0.25) is 4.79 Å². The molecule has 0 radical (unpaired) electrons. The fourth-order valence-corrected chi connectivity index (χ4v) is 1.12. The van der Waals surface area contributed by atoms with Crippen LogP contribution < -0.4 is 4.74 Å². The first-order valence-electron chi connectivity index (χ1n) is 4.07. The minimum atomic E-state index is -2.91. The number of hydrogen-bond acceptors (Lipinski definition) is 2. The van der Waals surface area contributed by atoms with E-state index in [9.17, 15) is 13.6 Å². The summed E-state index contributed by atoms with van der Waals surface area (Å²) in [5, 5.41) is 0. The zero-order valence-electron chi connectivity index (χ0n) is 7.88. The first-order valence-corrected chi connectivity index (χ1v) is 4.07. The lowest BCUT2D eigenvalue weighted by Crippen LogP contribution is -2.06. The van der Waals surface area contributed by atoms with E-state index in [0.717, 1.165) is 5.56 Å². The van der Waals surface area contributed by atoms with Crippen molar-refractivity contribution in [2.24, 2.45) is 0 Å². The van der Waals surface area contributed by atoms with Gasteiger partial charge in [-0.2, -0.15) is 8.78 Å². The van der Waals surface area contributed by atoms with Crippen LogP contribution in [0.5, 0.6) is 5.75 Å². The number of carbonyl (C=O) groups excluding carboxylic acids is 1. The molecule has 0 atom stereocenters. The summed E-state index contributed by atoms with van der Waals surface area (Å²) in [7, 11) is 0. The van der Waals surface area contributed by atoms with Crippen LogP contribution in [0.1, 0.15) is 22.8 Å². The van der Waals surface area contributed by atoms with Gasteiger partial charge in [-0.25, -0.2) is 0 Å². The summed E-state index contributed by atoms with van der Waals surface area (Å²) in [5.74, 6) is -0.359. The van der Waals surface area contributed by atoms with E-state index in [1.165, 1.54) is 19.1 Å². The van der Waals surface area contributed by atoms with E-state index in [-0.39, 0.29) is 17.1 Å². The number of Topliss-reactive ketones (excluding diaryl/α,β-unsaturated/α-hetero) is 1. The quantitative estimate of drug-likeness (QED) is 0.701. The van der Waals surface area contributed by atoms with Crippen molar-refractivity contribution in [1.82, 2.24) is 0 Å². The van der Waals surface area contributed by atoms with E-state index in [2.05, 4.69) is 4.74 Å². The fourth-order valence-electron chi connectivity index (χ4n) is 1.12. The van der Waals surface area contributed by atoms with Gasteiger partial charge in [0.05, 0.1) is 5.56 Å². The van der Waals surface area contributed by atoms with E-state index < -0.39 is 6.61 Å². The van der Waals surface area contributed by atoms with Crippen LogP contribution in [-0.4, -0.2) is 12.4 Å². The molecule has 0 unspecified atom stereocenters. The number of halogens is 2. The highest BCUT2D eigenvalue weighted by Gasteiger charge is 2.12. The van der Waals surface area contributed by atoms with Gasteiger partial charge in [-0.1, -0.05) is 11.6 Å². The van der Waals surface area contributed by atoms with Crippen molar-refractivity contribution in [3.8, 4) is 5.75 Å². The zero-order chi connectivity index (χ0) is 10.7. The zero-order valence-corrected chi connectivity index (χ0v) is 7.88. The van der Waals surface area contributed by atoms with Crippen molar-refractivity contribution in [2.45, 2.75) is 20.5 Å². The Labute approximate surface area is 80.5 Å². The summed E-state index contributed by atoms with van der Waals surface area (Å²) < 4.78 is 28.1. The van der Waals surface area contributed by atoms with Gasteiger partial charge in [0, 0.05) is 0 Å². The van der Waals surface area contributed by atoms with E-state index in [4.69, 9.17) is 0 Å². The highest BCUT2D eigenvalue weighted by Crippen LogP contribution is 2.22. The molecule has 76 valence electrons. The molecule has 0 saturated heterocycles. The molecule has 0 saturated carbocycles. The summed E-state index contributed by atoms with van der Waals surface area (Å²) in [4.78, 5) is 11.1. The molecule has 0 aliphatic carbocycles. The molecular weight excluding hydrogens is 190 g/mol. The van der Waals surface area contributed by atoms with Crippen LogP contribution >= 0.6 is 0 Å². The van der Waals surface area contributed by atoms with Crippen LogP contribution in [-0.2, 0) is 0 Å². The predicted octanol–water partition coefficient (Wildman–Crippen LogP) is 2.80. The second kappa shape index (κ2) is 4.17. The summed E-state index contributed by atoms with van der Waals surface area (Å²) in [5.41, 5.74) is 1.02. The predicted molar refractivity (Wildman–Crippen MR) is 47.8 cm³/mol. The number of ether oxygens (including phenoxy) is 1. The van der Waals surface area contributed by atoms with Crippen molar-refractivity contribution < 1.29 is 18.3 Å². The number of carbonyl (C=O) groups is 1. The Morgan fingerprint density at radius 2 is 2.07 bits per heavy atom. The van der Waals surface area contributed by atoms with Gasteiger partial charge in [0.2, 0.25) is 0 Å². The van der Waals surface area contributed by atoms with Gasteiger partial charge in [0.1, 0.15) is 5.75 Å². The minimum Gasteiger partial charge on any atom is -0.434 e. The Kier molecular flexibility index (Phi) is 3.17. The molecule has 0 heterocycles. The molecule has 0 amide bonds. The largest absolute Gasteiger partial charge is 0.434 e. The molecule has 0 fully saturated rings. The molecule has 0 bridgehead atoms. The van der Waals surface area contributed by atoms with E-state index in [1.807, 2.05) is 0 Å². The average Bonchev–Trinajstić information content (AvgIpc) is 2.07. The third-order valence-corrected chi connectivity index (χ3v) is 1.73. The van der Waals surface area contributed by atoms with Crippen molar-refractivity contribution in [3.63, 3.8) is 0 Å². The summed E-state index contributed by atoms with van der Waals surface area (Å²) in [6, 6.07) is 4.52. The van der Waals surface area contributed by atoms with Gasteiger partial charge in [0.25, 0.3) is 0 Å². The molecule has 1 rings (SSSR count). The van der Waals surface area contributed by atoms with Gasteiger partial charge in [-0.05, 0) is 26.0 Å². The third kappa shape index (κ3) is 2.52. The van der Waals surface area contributed by atoms with Crippen LogP contribution in [0, 0.1) is 6.92 Å². The van der Waals surface area contributed by atoms with E-state index in [0.29, 0.717) is 0 Å². The Bertz CT molecular complexity index is 348. The summed E-state index contributed by atoms with van der Waals surface area (Å²) >= 11 is 0. The summed E-state index contributed by atoms with van der Waals surface area (Å²) in [6.07, 6.45) is 0. The lowest BCUT2D eigenvalue weighted by molar-refractivity contribution is -0.0501. The van der Waals surface area contributed by atoms with Crippen molar-refractivity contribution in [3.05, 3.63) is 29.3 Å². The minimum absolute atomic E-state index is 0.0712. The maximum atomic E-state index is 11.9. The van der Waals surface area contributed by atoms with Crippen LogP contribution in [0.2, 0.25) is 0 Å². The molecule has 1 aromatic rings. The van der Waals surface area contributed by atoms with Crippen molar-refractivity contribution in [2.75, 3.05) is 0 Å². The molecule has 4 heteroatoms. The van der Waals surface area contributed by atoms with Crippen molar-refractivity contribution >= 4 is 5.78 Å². The number of benzene rings is 1. The third-order valence-electron chi connectivity index (χ3n) is 1.73. The molecule has 14 heavy (non-hydrogen) atoms. The van der Waals surface area contributed by atoms with Crippen LogP contribution in [0.15, 0.2) is 18.2 Å². The Hall–Kier alpha value is -1.45. The number of rotatable bonds is 3. The SMILES string of the molecule is CC(=O)c1cc(C)ccc1OC(F)F. The van der Waals surface area contributed by atoms with Gasteiger partial charge in [0.15, 0.2) is 5.78 Å². The molecule has 0 aromatic heterocycles. The van der Waals surface area contributed by atoms with Crippen LogP contribution in [0.3, 0.4) is 0 Å². The molecule has 2 nitrogen and oxygen atoms in total. The Balaban J connectivity index is 3.08. The highest BCUT2D eigenvalue weighted by atomic mass is 19.3. The number of hydrogen-bond donors (Lipinski definition) is 0. The second-order valence-electron chi connectivity index (χ2n) is 2.93. The van der Waals surface area contributed by atoms with Gasteiger partial charge < -0.3 is 4.74 Å². The van der Waals surface area contributed by atoms with E-state index >= 15 is 0 Å². The lowest BCUT2D eigenvalue weighted by Gasteiger charge is -2.08. The average molecular weight is 200 g/mol. The number of aryl methyl sites for hydroxylation is 1. The van der Waals surface area contributed by atoms with Gasteiger partial charge >= 0.3 is 6.61 Å². The topological polar surface area (TPSA) is 26.3 Å². The first kappa shape index (κ1) is 10.6. The van der Waals surface area contributed by atoms with Gasteiger partial charge in [-0.15, -0.1) is 0 Å². The standard InChI is InChI=1S/C10H10F2O2/c1-6-3-4-9(14-10(11)12)8(5-6)7(2)13/h3-5,10H,1-2H3. The van der Waals surface area contributed by atoms with Crippen molar-refractivity contribution in [1.29, 1.82) is 0 Å². The number of alkyl halides is 2. The molecule has 0 spiro atoms. The first-order chi connectivity index (χ1) is 6.50. The maximum absolute atomic E-state index is 11.9. The smallest absolute Gasteiger partial charge is 0.387 e. The molecule has 0 aliphatic rings. The van der Waals surface area contributed by atoms with Crippen LogP contribution in [0.4, 0.5) is 8.78 Å². The molecular formula is C10H10F2O2. The molecule has 0 aliphatic heterocycles. The number of ketones is 1. The maximum Gasteiger partial charge on any atom is 0.387 e. The van der Waals surface area contributed by atoms with Crippen LogP contribution in [0.25, 0.3) is 0 Å². The molecule has 0 N–H and O–H groups in total. The second-order valence-corrected chi connectivity index (χ2v) is 2.93. The monoisotopic (exact) mass is 200 g/mol.